The van der Waals surface area contributed by atoms with E-state index in [1.54, 1.807) is 0 Å². The van der Waals surface area contributed by atoms with Crippen LogP contribution in [-0.4, -0.2) is 0 Å². The summed E-state index contributed by atoms with van der Waals surface area (Å²) >= 11 is 1.87. The van der Waals surface area contributed by atoms with Crippen LogP contribution >= 0.6 is 11.3 Å². The van der Waals surface area contributed by atoms with Crippen molar-refractivity contribution in [1.82, 2.24) is 0 Å². The minimum atomic E-state index is 0.868. The van der Waals surface area contributed by atoms with Gasteiger partial charge >= 0.3 is 0 Å². The van der Waals surface area contributed by atoms with Crippen molar-refractivity contribution in [2.24, 2.45) is 0 Å². The Morgan fingerprint density at radius 3 is 1.84 bits per heavy atom. The average Bonchev–Trinajstić information content (AvgIpc) is 3.83. The molecule has 11 aromatic rings. The van der Waals surface area contributed by atoms with Crippen LogP contribution in [0.5, 0.6) is 0 Å². The molecule has 0 aliphatic rings. The minimum Gasteiger partial charge on any atom is -0.455 e. The summed E-state index contributed by atoms with van der Waals surface area (Å²) in [4.78, 5) is 2.42. The standard InChI is InChI=1S/C52H33NOS/c1-4-13-34(14-5-1)39-24-27-46-48(32-39)54-51-42(36-16-6-2-7-17-36)29-30-47(50(46)51)53(40-25-23-35-15-10-11-20-38(35)31-40)41-26-28-44-45-22-12-21-43(37-18-8-3-9-19-37)52(45)55-49(44)33-41/h1-33H. The molecule has 55 heavy (non-hydrogen) atoms. The van der Waals surface area contributed by atoms with Gasteiger partial charge in [-0.15, -0.1) is 11.3 Å². The summed E-state index contributed by atoms with van der Waals surface area (Å²) in [5.74, 6) is 0. The van der Waals surface area contributed by atoms with Crippen LogP contribution in [0.3, 0.4) is 0 Å². The van der Waals surface area contributed by atoms with E-state index in [0.29, 0.717) is 0 Å². The number of anilines is 3. The molecule has 0 N–H and O–H groups in total. The van der Waals surface area contributed by atoms with Gasteiger partial charge in [0.1, 0.15) is 11.2 Å². The first-order valence-corrected chi connectivity index (χ1v) is 19.5. The van der Waals surface area contributed by atoms with Gasteiger partial charge < -0.3 is 9.32 Å². The number of hydrogen-bond donors (Lipinski definition) is 0. The molecule has 0 spiro atoms. The van der Waals surface area contributed by atoms with Crippen molar-refractivity contribution in [3.8, 4) is 33.4 Å². The fourth-order valence-electron chi connectivity index (χ4n) is 8.22. The van der Waals surface area contributed by atoms with Gasteiger partial charge in [-0.25, -0.2) is 0 Å². The van der Waals surface area contributed by atoms with Crippen LogP contribution < -0.4 is 4.90 Å². The fourth-order valence-corrected chi connectivity index (χ4v) is 9.49. The number of thiophene rings is 1. The van der Waals surface area contributed by atoms with E-state index in [1.807, 2.05) is 11.3 Å². The molecule has 258 valence electrons. The maximum absolute atomic E-state index is 6.97. The van der Waals surface area contributed by atoms with Crippen molar-refractivity contribution >= 4 is 81.3 Å². The number of furan rings is 1. The van der Waals surface area contributed by atoms with Crippen molar-refractivity contribution in [2.75, 3.05) is 4.90 Å². The van der Waals surface area contributed by atoms with Gasteiger partial charge in [-0.2, -0.15) is 0 Å². The third-order valence-electron chi connectivity index (χ3n) is 10.8. The van der Waals surface area contributed by atoms with Gasteiger partial charge in [0.25, 0.3) is 0 Å². The van der Waals surface area contributed by atoms with Gasteiger partial charge in [0.15, 0.2) is 0 Å². The molecule has 0 atom stereocenters. The van der Waals surface area contributed by atoms with E-state index in [2.05, 4.69) is 205 Å². The normalized spacial score (nSPS) is 11.6. The summed E-state index contributed by atoms with van der Waals surface area (Å²) in [6.07, 6.45) is 0. The largest absolute Gasteiger partial charge is 0.455 e. The molecule has 0 saturated carbocycles. The Morgan fingerprint density at radius 2 is 1.05 bits per heavy atom. The Balaban J connectivity index is 1.18. The zero-order chi connectivity index (χ0) is 36.3. The number of hydrogen-bond acceptors (Lipinski definition) is 3. The molecule has 9 aromatic carbocycles. The number of rotatable bonds is 6. The zero-order valence-electron chi connectivity index (χ0n) is 29.8. The fraction of sp³-hybridized carbons (Fsp3) is 0. The van der Waals surface area contributed by atoms with Crippen molar-refractivity contribution < 1.29 is 4.42 Å². The summed E-state index contributed by atoms with van der Waals surface area (Å²) in [5, 5.41) is 7.14. The van der Waals surface area contributed by atoms with Gasteiger partial charge in [-0.1, -0.05) is 152 Å². The second-order valence-electron chi connectivity index (χ2n) is 14.1. The molecular weight excluding hydrogens is 687 g/mol. The Morgan fingerprint density at radius 1 is 0.400 bits per heavy atom. The van der Waals surface area contributed by atoms with E-state index in [1.165, 1.54) is 47.6 Å². The zero-order valence-corrected chi connectivity index (χ0v) is 30.6. The lowest BCUT2D eigenvalue weighted by molar-refractivity contribution is 0.670. The van der Waals surface area contributed by atoms with Gasteiger partial charge in [-0.05, 0) is 87.1 Å². The van der Waals surface area contributed by atoms with Crippen LogP contribution in [-0.2, 0) is 0 Å². The molecule has 11 rings (SSSR count). The summed E-state index contributed by atoms with van der Waals surface area (Å²) in [5.41, 5.74) is 12.0. The molecule has 2 aromatic heterocycles. The van der Waals surface area contributed by atoms with Crippen molar-refractivity contribution in [2.45, 2.75) is 0 Å². The molecule has 0 aliphatic carbocycles. The number of fused-ring (bicyclic) bond motifs is 7. The SMILES string of the molecule is c1ccc(-c2ccc3c(c2)oc2c(-c4ccccc4)ccc(N(c4ccc5ccccc5c4)c4ccc5c(c4)sc4c(-c6ccccc6)cccc45)c23)cc1. The highest BCUT2D eigenvalue weighted by molar-refractivity contribution is 7.26. The Labute approximate surface area is 322 Å². The quantitative estimate of drug-likeness (QED) is 0.170. The van der Waals surface area contributed by atoms with Crippen LogP contribution in [0.1, 0.15) is 0 Å². The number of benzene rings is 9. The Bertz CT molecular complexity index is 3200. The first-order chi connectivity index (χ1) is 27.3. The topological polar surface area (TPSA) is 16.4 Å². The van der Waals surface area contributed by atoms with Gasteiger partial charge in [0.2, 0.25) is 0 Å². The third kappa shape index (κ3) is 5.32. The summed E-state index contributed by atoms with van der Waals surface area (Å²) in [6.45, 7) is 0. The van der Waals surface area contributed by atoms with Gasteiger partial charge in [0, 0.05) is 42.5 Å². The first kappa shape index (κ1) is 31.6. The van der Waals surface area contributed by atoms with Gasteiger partial charge in [0.05, 0.1) is 11.1 Å². The second kappa shape index (κ2) is 12.9. The molecule has 3 heteroatoms. The van der Waals surface area contributed by atoms with Crippen molar-refractivity contribution in [3.05, 3.63) is 200 Å². The molecule has 0 unspecified atom stereocenters. The predicted molar refractivity (Wildman–Crippen MR) is 235 cm³/mol. The highest BCUT2D eigenvalue weighted by Gasteiger charge is 2.23. The van der Waals surface area contributed by atoms with Crippen LogP contribution in [0.2, 0.25) is 0 Å². The third-order valence-corrected chi connectivity index (χ3v) is 12.0. The van der Waals surface area contributed by atoms with Crippen LogP contribution in [0.4, 0.5) is 17.1 Å². The molecule has 0 radical (unpaired) electrons. The molecule has 0 bridgehead atoms. The first-order valence-electron chi connectivity index (χ1n) is 18.7. The van der Waals surface area contributed by atoms with E-state index < -0.39 is 0 Å². The second-order valence-corrected chi connectivity index (χ2v) is 15.1. The van der Waals surface area contributed by atoms with Crippen LogP contribution in [0.15, 0.2) is 205 Å². The monoisotopic (exact) mass is 719 g/mol. The van der Waals surface area contributed by atoms with E-state index in [9.17, 15) is 0 Å². The lowest BCUT2D eigenvalue weighted by Crippen LogP contribution is -2.10. The van der Waals surface area contributed by atoms with E-state index >= 15 is 0 Å². The Hall–Kier alpha value is -6.94. The average molecular weight is 720 g/mol. The van der Waals surface area contributed by atoms with E-state index in [0.717, 1.165) is 55.7 Å². The predicted octanol–water partition coefficient (Wildman–Crippen LogP) is 15.6. The summed E-state index contributed by atoms with van der Waals surface area (Å²) in [6, 6.07) is 72.0. The lowest BCUT2D eigenvalue weighted by Gasteiger charge is -2.27. The van der Waals surface area contributed by atoms with Crippen LogP contribution in [0.25, 0.3) is 86.3 Å². The summed E-state index contributed by atoms with van der Waals surface area (Å²) in [7, 11) is 0. The Kier molecular flexibility index (Phi) is 7.39. The maximum Gasteiger partial charge on any atom is 0.145 e. The molecule has 2 heterocycles. The minimum absolute atomic E-state index is 0.868. The maximum atomic E-state index is 6.97. The molecule has 0 saturated heterocycles. The highest BCUT2D eigenvalue weighted by atomic mass is 32.1. The molecule has 0 aliphatic heterocycles. The van der Waals surface area contributed by atoms with E-state index in [-0.39, 0.29) is 0 Å². The molecular formula is C52H33NOS. The highest BCUT2D eigenvalue weighted by Crippen LogP contribution is 2.49. The van der Waals surface area contributed by atoms with Crippen molar-refractivity contribution in [3.63, 3.8) is 0 Å². The molecule has 0 fully saturated rings. The van der Waals surface area contributed by atoms with Crippen LogP contribution in [0, 0.1) is 0 Å². The molecule has 0 amide bonds. The lowest BCUT2D eigenvalue weighted by atomic mass is 9.98. The smallest absolute Gasteiger partial charge is 0.145 e. The molecule has 2 nitrogen and oxygen atoms in total. The summed E-state index contributed by atoms with van der Waals surface area (Å²) < 4.78 is 9.53. The van der Waals surface area contributed by atoms with Gasteiger partial charge in [-0.3, -0.25) is 0 Å². The van der Waals surface area contributed by atoms with E-state index in [4.69, 9.17) is 4.42 Å². The number of nitrogens with zero attached hydrogens (tertiary/aromatic N) is 1. The van der Waals surface area contributed by atoms with Crippen molar-refractivity contribution in [1.29, 1.82) is 0 Å².